The fourth-order valence-corrected chi connectivity index (χ4v) is 2.21. The predicted octanol–water partition coefficient (Wildman–Crippen LogP) is 1.33. The van der Waals surface area contributed by atoms with Crippen molar-refractivity contribution >= 4 is 28.6 Å². The van der Waals surface area contributed by atoms with E-state index in [1.165, 1.54) is 0 Å². The Morgan fingerprint density at radius 3 is 2.33 bits per heavy atom. The lowest BCUT2D eigenvalue weighted by Crippen LogP contribution is -2.25. The van der Waals surface area contributed by atoms with E-state index >= 15 is 0 Å². The average Bonchev–Trinajstić information content (AvgIpc) is 2.48. The highest BCUT2D eigenvalue weighted by atomic mass is 32.2. The van der Waals surface area contributed by atoms with E-state index in [-0.39, 0.29) is 5.25 Å². The fourth-order valence-electron chi connectivity index (χ4n) is 1.76. The lowest BCUT2D eigenvalue weighted by Gasteiger charge is -2.19. The second kappa shape index (κ2) is 8.76. The summed E-state index contributed by atoms with van der Waals surface area (Å²) in [5.41, 5.74) is 0. The molecule has 0 aliphatic rings. The molecule has 0 aliphatic carbocycles. The first-order valence-electron chi connectivity index (χ1n) is 7.26. The molecule has 0 saturated heterocycles. The molecule has 1 aromatic heterocycles. The third kappa shape index (κ3) is 5.45. The molecule has 0 fully saturated rings. The Morgan fingerprint density at radius 2 is 1.81 bits per heavy atom. The molecule has 0 saturated carbocycles. The average molecular weight is 314 g/mol. The fraction of sp³-hybridized carbons (Fsp3) is 0.769. The monoisotopic (exact) mass is 314 g/mol. The zero-order chi connectivity index (χ0) is 15.8. The Bertz CT molecular complexity index is 466. The summed E-state index contributed by atoms with van der Waals surface area (Å²) in [7, 11) is 0.983. The molecule has 2 unspecified atom stereocenters. The van der Waals surface area contributed by atoms with Crippen molar-refractivity contribution in [3.63, 3.8) is 0 Å². The highest BCUT2D eigenvalue weighted by Crippen LogP contribution is 2.13. The van der Waals surface area contributed by atoms with Gasteiger partial charge in [-0.25, -0.2) is 0 Å². The number of aromatic nitrogens is 3. The number of nitrogens with one attached hydrogen (secondary N) is 2. The van der Waals surface area contributed by atoms with Crippen LogP contribution in [0.3, 0.4) is 0 Å². The van der Waals surface area contributed by atoms with Crippen molar-refractivity contribution in [2.45, 2.75) is 32.4 Å². The lowest BCUT2D eigenvalue weighted by atomic mass is 10.3. The van der Waals surface area contributed by atoms with E-state index in [1.54, 1.807) is 13.3 Å². The molecule has 0 amide bonds. The molecule has 1 heterocycles. The first kappa shape index (κ1) is 17.6. The molecule has 0 spiro atoms. The summed E-state index contributed by atoms with van der Waals surface area (Å²) in [5, 5.41) is 6.29. The number of anilines is 3. The van der Waals surface area contributed by atoms with E-state index in [9.17, 15) is 4.21 Å². The van der Waals surface area contributed by atoms with Crippen molar-refractivity contribution in [2.75, 3.05) is 48.5 Å². The Labute approximate surface area is 129 Å². The second-order valence-electron chi connectivity index (χ2n) is 4.73. The van der Waals surface area contributed by atoms with Gasteiger partial charge in [0.2, 0.25) is 17.8 Å². The van der Waals surface area contributed by atoms with E-state index in [4.69, 9.17) is 0 Å². The van der Waals surface area contributed by atoms with Gasteiger partial charge in [0, 0.05) is 49.0 Å². The van der Waals surface area contributed by atoms with Crippen molar-refractivity contribution in [3.05, 3.63) is 0 Å². The van der Waals surface area contributed by atoms with Gasteiger partial charge in [-0.1, -0.05) is 6.92 Å². The van der Waals surface area contributed by atoms with Crippen LogP contribution in [0.2, 0.25) is 0 Å². The van der Waals surface area contributed by atoms with Gasteiger partial charge in [0.05, 0.1) is 0 Å². The molecule has 21 heavy (non-hydrogen) atoms. The standard InChI is InChI=1S/C13H26N6OS/c1-6-19(7-2)13-17-11(14-4)16-12(18-13)15-9-8-10(3)21(5)20/h10H,6-9H2,1-5H3,(H2,14,15,16,17,18). The molecular weight excluding hydrogens is 288 g/mol. The molecule has 2 N–H and O–H groups in total. The van der Waals surface area contributed by atoms with E-state index in [1.807, 2.05) is 6.92 Å². The quantitative estimate of drug-likeness (QED) is 0.711. The first-order chi connectivity index (χ1) is 10.0. The van der Waals surface area contributed by atoms with Crippen LogP contribution in [-0.2, 0) is 10.8 Å². The number of hydrogen-bond acceptors (Lipinski definition) is 7. The van der Waals surface area contributed by atoms with E-state index in [0.717, 1.165) is 19.5 Å². The summed E-state index contributed by atoms with van der Waals surface area (Å²) in [4.78, 5) is 15.2. The van der Waals surface area contributed by atoms with Crippen LogP contribution in [0.4, 0.5) is 17.8 Å². The van der Waals surface area contributed by atoms with Crippen LogP contribution in [0.25, 0.3) is 0 Å². The van der Waals surface area contributed by atoms with Crippen LogP contribution >= 0.6 is 0 Å². The van der Waals surface area contributed by atoms with Crippen LogP contribution in [0, 0.1) is 0 Å². The van der Waals surface area contributed by atoms with Crippen LogP contribution in [0.15, 0.2) is 0 Å². The van der Waals surface area contributed by atoms with Crippen LogP contribution < -0.4 is 15.5 Å². The zero-order valence-electron chi connectivity index (χ0n) is 13.5. The third-order valence-corrected chi connectivity index (χ3v) is 4.66. The Kier molecular flexibility index (Phi) is 7.35. The molecule has 0 radical (unpaired) electrons. The predicted molar refractivity (Wildman–Crippen MR) is 89.6 cm³/mol. The molecular formula is C13H26N6OS. The molecule has 7 nitrogen and oxygen atoms in total. The topological polar surface area (TPSA) is 83.0 Å². The van der Waals surface area contributed by atoms with Crippen LogP contribution in [0.5, 0.6) is 0 Å². The SMILES string of the molecule is CCN(CC)c1nc(NC)nc(NCCC(C)S(C)=O)n1. The second-order valence-corrected chi connectivity index (χ2v) is 6.53. The molecule has 0 bridgehead atoms. The Balaban J connectivity index is 2.77. The maximum atomic E-state index is 11.3. The number of rotatable bonds is 9. The molecule has 1 rings (SSSR count). The van der Waals surface area contributed by atoms with Crippen LogP contribution in [0.1, 0.15) is 27.2 Å². The van der Waals surface area contributed by atoms with E-state index in [0.29, 0.717) is 24.4 Å². The summed E-state index contributed by atoms with van der Waals surface area (Å²) < 4.78 is 11.3. The van der Waals surface area contributed by atoms with Gasteiger partial charge in [-0.15, -0.1) is 0 Å². The van der Waals surface area contributed by atoms with Crippen molar-refractivity contribution < 1.29 is 4.21 Å². The zero-order valence-corrected chi connectivity index (χ0v) is 14.3. The summed E-state index contributed by atoms with van der Waals surface area (Å²) >= 11 is 0. The largest absolute Gasteiger partial charge is 0.357 e. The van der Waals surface area contributed by atoms with Crippen molar-refractivity contribution in [1.29, 1.82) is 0 Å². The normalized spacial score (nSPS) is 13.6. The third-order valence-electron chi connectivity index (χ3n) is 3.29. The van der Waals surface area contributed by atoms with Gasteiger partial charge in [-0.05, 0) is 20.3 Å². The summed E-state index contributed by atoms with van der Waals surface area (Å²) in [5.74, 6) is 1.75. The van der Waals surface area contributed by atoms with Crippen molar-refractivity contribution in [3.8, 4) is 0 Å². The van der Waals surface area contributed by atoms with Gasteiger partial charge < -0.3 is 15.5 Å². The minimum absolute atomic E-state index is 0.158. The number of nitrogens with zero attached hydrogens (tertiary/aromatic N) is 4. The summed E-state index contributed by atoms with van der Waals surface area (Å²) in [6, 6.07) is 0. The highest BCUT2D eigenvalue weighted by Gasteiger charge is 2.11. The minimum atomic E-state index is -0.803. The first-order valence-corrected chi connectivity index (χ1v) is 8.88. The lowest BCUT2D eigenvalue weighted by molar-refractivity contribution is 0.672. The minimum Gasteiger partial charge on any atom is -0.357 e. The molecule has 0 aliphatic heterocycles. The molecule has 120 valence electrons. The number of hydrogen-bond donors (Lipinski definition) is 2. The highest BCUT2D eigenvalue weighted by molar-refractivity contribution is 7.84. The van der Waals surface area contributed by atoms with Crippen molar-refractivity contribution in [2.24, 2.45) is 0 Å². The molecule has 1 aromatic rings. The van der Waals surface area contributed by atoms with Gasteiger partial charge in [-0.2, -0.15) is 15.0 Å². The summed E-state index contributed by atoms with van der Waals surface area (Å²) in [6.07, 6.45) is 2.54. The molecule has 2 atom stereocenters. The van der Waals surface area contributed by atoms with Crippen molar-refractivity contribution in [1.82, 2.24) is 15.0 Å². The van der Waals surface area contributed by atoms with Gasteiger partial charge in [-0.3, -0.25) is 4.21 Å². The maximum absolute atomic E-state index is 11.3. The van der Waals surface area contributed by atoms with Gasteiger partial charge in [0.25, 0.3) is 0 Å². The Morgan fingerprint density at radius 1 is 1.19 bits per heavy atom. The molecule has 8 heteroatoms. The molecule has 0 aromatic carbocycles. The van der Waals surface area contributed by atoms with E-state index < -0.39 is 10.8 Å². The smallest absolute Gasteiger partial charge is 0.231 e. The maximum Gasteiger partial charge on any atom is 0.231 e. The Hall–Kier alpha value is -1.44. The van der Waals surface area contributed by atoms with E-state index in [2.05, 4.69) is 44.3 Å². The van der Waals surface area contributed by atoms with Crippen LogP contribution in [-0.4, -0.2) is 57.3 Å². The van der Waals surface area contributed by atoms with Gasteiger partial charge >= 0.3 is 0 Å². The van der Waals surface area contributed by atoms with Gasteiger partial charge in [0.1, 0.15) is 0 Å². The summed E-state index contributed by atoms with van der Waals surface area (Å²) in [6.45, 7) is 8.48. The van der Waals surface area contributed by atoms with Gasteiger partial charge in [0.15, 0.2) is 0 Å².